The maximum atomic E-state index is 12.3. The number of nitrogens with zero attached hydrogens (tertiary/aromatic N) is 1. The average Bonchev–Trinajstić information content (AvgIpc) is 3.08. The summed E-state index contributed by atoms with van der Waals surface area (Å²) in [6.45, 7) is 5.02. The van der Waals surface area contributed by atoms with E-state index in [0.717, 1.165) is 35.5 Å². The first-order valence-corrected chi connectivity index (χ1v) is 8.85. The molecule has 2 amide bonds. The van der Waals surface area contributed by atoms with Crippen LogP contribution in [0.25, 0.3) is 0 Å². The number of amides is 2. The predicted molar refractivity (Wildman–Crippen MR) is 102 cm³/mol. The maximum absolute atomic E-state index is 12.3. The first kappa shape index (κ1) is 18.0. The summed E-state index contributed by atoms with van der Waals surface area (Å²) in [5, 5.41) is 2.94. The molecule has 0 atom stereocenters. The minimum absolute atomic E-state index is 0.00980. The summed E-state index contributed by atoms with van der Waals surface area (Å²) < 4.78 is 5.10. The lowest BCUT2D eigenvalue weighted by molar-refractivity contribution is -0.121. The Kier molecular flexibility index (Phi) is 5.26. The van der Waals surface area contributed by atoms with Crippen molar-refractivity contribution in [1.29, 1.82) is 0 Å². The van der Waals surface area contributed by atoms with E-state index in [0.29, 0.717) is 12.1 Å². The molecule has 0 aliphatic carbocycles. The highest BCUT2D eigenvalue weighted by molar-refractivity contribution is 5.96. The van der Waals surface area contributed by atoms with Crippen LogP contribution >= 0.6 is 0 Å². The minimum atomic E-state index is -0.121. The molecule has 1 aliphatic rings. The summed E-state index contributed by atoms with van der Waals surface area (Å²) in [6.07, 6.45) is 0.855. The van der Waals surface area contributed by atoms with Crippen molar-refractivity contribution >= 4 is 17.5 Å². The smallest absolute Gasteiger partial charge is 0.251 e. The third-order valence-electron chi connectivity index (χ3n) is 4.60. The van der Waals surface area contributed by atoms with Crippen LogP contribution in [0.3, 0.4) is 0 Å². The summed E-state index contributed by atoms with van der Waals surface area (Å²) in [6, 6.07) is 13.1. The quantitative estimate of drug-likeness (QED) is 0.899. The third kappa shape index (κ3) is 3.72. The van der Waals surface area contributed by atoms with Gasteiger partial charge in [-0.1, -0.05) is 26.0 Å². The predicted octanol–water partition coefficient (Wildman–Crippen LogP) is 3.17. The lowest BCUT2D eigenvalue weighted by Crippen LogP contribution is -2.32. The summed E-state index contributed by atoms with van der Waals surface area (Å²) in [5.74, 6) is 0.749. The Bertz CT molecular complexity index is 813. The Morgan fingerprint density at radius 3 is 2.54 bits per heavy atom. The van der Waals surface area contributed by atoms with E-state index < -0.39 is 0 Å². The van der Waals surface area contributed by atoms with Crippen molar-refractivity contribution in [2.75, 3.05) is 18.6 Å². The van der Waals surface area contributed by atoms with Crippen LogP contribution < -0.4 is 15.0 Å². The van der Waals surface area contributed by atoms with Crippen LogP contribution in [0.4, 0.5) is 5.69 Å². The van der Waals surface area contributed by atoms with Gasteiger partial charge in [-0.25, -0.2) is 0 Å². The molecule has 0 fully saturated rings. The molecular weight excluding hydrogens is 328 g/mol. The highest BCUT2D eigenvalue weighted by Crippen LogP contribution is 2.30. The fraction of sp³-hybridized carbons (Fsp3) is 0.333. The molecule has 0 spiro atoms. The van der Waals surface area contributed by atoms with Gasteiger partial charge in [0, 0.05) is 30.3 Å². The molecule has 2 aromatic rings. The summed E-state index contributed by atoms with van der Waals surface area (Å²) in [5.41, 5.74) is 3.79. The Balaban J connectivity index is 1.64. The lowest BCUT2D eigenvalue weighted by atomic mass is 10.1. The number of ether oxygens (including phenoxy) is 1. The van der Waals surface area contributed by atoms with Crippen molar-refractivity contribution in [2.45, 2.75) is 26.8 Å². The standard InChI is InChI=1S/C21H24N2O3/c1-14(2)21(25)23-11-10-17-12-15(4-9-19(17)23)13-22-20(24)16-5-7-18(26-3)8-6-16/h4-9,12,14H,10-11,13H2,1-3H3,(H,22,24). The number of hydrogen-bond acceptors (Lipinski definition) is 3. The van der Waals surface area contributed by atoms with Gasteiger partial charge in [0.05, 0.1) is 7.11 Å². The molecule has 5 nitrogen and oxygen atoms in total. The molecule has 0 saturated carbocycles. The lowest BCUT2D eigenvalue weighted by Gasteiger charge is -2.19. The molecule has 1 heterocycles. The number of methoxy groups -OCH3 is 1. The van der Waals surface area contributed by atoms with E-state index in [9.17, 15) is 9.59 Å². The van der Waals surface area contributed by atoms with Gasteiger partial charge in [-0.2, -0.15) is 0 Å². The Morgan fingerprint density at radius 2 is 1.88 bits per heavy atom. The molecule has 0 aromatic heterocycles. The number of nitrogens with one attached hydrogen (secondary N) is 1. The zero-order valence-corrected chi connectivity index (χ0v) is 15.4. The largest absolute Gasteiger partial charge is 0.497 e. The molecule has 3 rings (SSSR count). The fourth-order valence-corrected chi connectivity index (χ4v) is 3.13. The van der Waals surface area contributed by atoms with Gasteiger partial charge in [-0.3, -0.25) is 9.59 Å². The van der Waals surface area contributed by atoms with Crippen molar-refractivity contribution in [3.63, 3.8) is 0 Å². The number of anilines is 1. The SMILES string of the molecule is COc1ccc(C(=O)NCc2ccc3c(c2)CCN3C(=O)C(C)C)cc1. The Labute approximate surface area is 154 Å². The van der Waals surface area contributed by atoms with Gasteiger partial charge in [0.2, 0.25) is 5.91 Å². The number of hydrogen-bond donors (Lipinski definition) is 1. The minimum Gasteiger partial charge on any atom is -0.497 e. The molecule has 5 heteroatoms. The fourth-order valence-electron chi connectivity index (χ4n) is 3.13. The number of rotatable bonds is 5. The first-order chi connectivity index (χ1) is 12.5. The summed E-state index contributed by atoms with van der Waals surface area (Å²) >= 11 is 0. The first-order valence-electron chi connectivity index (χ1n) is 8.85. The number of carbonyl (C=O) groups is 2. The average molecular weight is 352 g/mol. The van der Waals surface area contributed by atoms with E-state index >= 15 is 0 Å². The molecule has 0 saturated heterocycles. The molecule has 1 N–H and O–H groups in total. The van der Waals surface area contributed by atoms with Crippen LogP contribution in [0.2, 0.25) is 0 Å². The van der Waals surface area contributed by atoms with Gasteiger partial charge in [-0.15, -0.1) is 0 Å². The van der Waals surface area contributed by atoms with Crippen molar-refractivity contribution in [1.82, 2.24) is 5.32 Å². The zero-order chi connectivity index (χ0) is 18.7. The summed E-state index contributed by atoms with van der Waals surface area (Å²) in [7, 11) is 1.60. The van der Waals surface area contributed by atoms with E-state index in [-0.39, 0.29) is 17.7 Å². The monoisotopic (exact) mass is 352 g/mol. The summed E-state index contributed by atoms with van der Waals surface area (Å²) in [4.78, 5) is 26.4. The van der Waals surface area contributed by atoms with Gasteiger partial charge >= 0.3 is 0 Å². The van der Waals surface area contributed by atoms with E-state index in [4.69, 9.17) is 4.74 Å². The van der Waals surface area contributed by atoms with Crippen LogP contribution in [0.5, 0.6) is 5.75 Å². The molecule has 1 aliphatic heterocycles. The van der Waals surface area contributed by atoms with Crippen LogP contribution in [-0.2, 0) is 17.8 Å². The van der Waals surface area contributed by atoms with Gasteiger partial charge in [0.25, 0.3) is 5.91 Å². The maximum Gasteiger partial charge on any atom is 0.251 e. The van der Waals surface area contributed by atoms with E-state index in [2.05, 4.69) is 11.4 Å². The number of fused-ring (bicyclic) bond motifs is 1. The van der Waals surface area contributed by atoms with Gasteiger partial charge in [0.15, 0.2) is 0 Å². The third-order valence-corrected chi connectivity index (χ3v) is 4.60. The molecule has 136 valence electrons. The molecule has 2 aromatic carbocycles. The van der Waals surface area contributed by atoms with Crippen LogP contribution in [0.1, 0.15) is 35.3 Å². The van der Waals surface area contributed by atoms with Crippen LogP contribution in [-0.4, -0.2) is 25.5 Å². The molecule has 0 unspecified atom stereocenters. The van der Waals surface area contributed by atoms with Crippen LogP contribution in [0, 0.1) is 5.92 Å². The second-order valence-electron chi connectivity index (χ2n) is 6.77. The van der Waals surface area contributed by atoms with E-state index in [1.165, 1.54) is 0 Å². The van der Waals surface area contributed by atoms with Crippen molar-refractivity contribution < 1.29 is 14.3 Å². The molecule has 26 heavy (non-hydrogen) atoms. The van der Waals surface area contributed by atoms with Crippen molar-refractivity contribution in [2.24, 2.45) is 5.92 Å². The van der Waals surface area contributed by atoms with Crippen molar-refractivity contribution in [3.05, 3.63) is 59.2 Å². The Hall–Kier alpha value is -2.82. The van der Waals surface area contributed by atoms with Gasteiger partial charge < -0.3 is 15.0 Å². The number of carbonyl (C=O) groups excluding carboxylic acids is 2. The topological polar surface area (TPSA) is 58.6 Å². The normalized spacial score (nSPS) is 12.8. The van der Waals surface area contributed by atoms with Crippen molar-refractivity contribution in [3.8, 4) is 5.75 Å². The van der Waals surface area contributed by atoms with E-state index in [1.54, 1.807) is 31.4 Å². The highest BCUT2D eigenvalue weighted by atomic mass is 16.5. The number of benzene rings is 2. The molecule has 0 bridgehead atoms. The zero-order valence-electron chi connectivity index (χ0n) is 15.4. The van der Waals surface area contributed by atoms with Gasteiger partial charge in [-0.05, 0) is 47.9 Å². The van der Waals surface area contributed by atoms with Gasteiger partial charge in [0.1, 0.15) is 5.75 Å². The molecule has 0 radical (unpaired) electrons. The highest BCUT2D eigenvalue weighted by Gasteiger charge is 2.26. The molecular formula is C21H24N2O3. The van der Waals surface area contributed by atoms with E-state index in [1.807, 2.05) is 30.9 Å². The second kappa shape index (κ2) is 7.60. The van der Waals surface area contributed by atoms with Crippen LogP contribution in [0.15, 0.2) is 42.5 Å². The second-order valence-corrected chi connectivity index (χ2v) is 6.77. The Morgan fingerprint density at radius 1 is 1.15 bits per heavy atom.